The molecule has 0 spiro atoms. The van der Waals surface area contributed by atoms with Crippen LogP contribution in [0.1, 0.15) is 22.5 Å². The minimum atomic E-state index is -0.372. The number of amides is 1. The van der Waals surface area contributed by atoms with Crippen LogP contribution in [0.4, 0.5) is 10.7 Å². The van der Waals surface area contributed by atoms with Gasteiger partial charge < -0.3 is 15.4 Å². The van der Waals surface area contributed by atoms with Crippen molar-refractivity contribution in [2.45, 2.75) is 18.9 Å². The van der Waals surface area contributed by atoms with Gasteiger partial charge in [0.2, 0.25) is 5.91 Å². The van der Waals surface area contributed by atoms with Crippen molar-refractivity contribution in [2.24, 2.45) is 5.92 Å². The molecule has 0 saturated heterocycles. The molecule has 17 heavy (non-hydrogen) atoms. The Morgan fingerprint density at radius 3 is 2.94 bits per heavy atom. The van der Waals surface area contributed by atoms with E-state index in [2.05, 4.69) is 15.4 Å². The largest absolute Gasteiger partial charge is 0.465 e. The first-order chi connectivity index (χ1) is 8.19. The molecule has 1 aliphatic heterocycles. The van der Waals surface area contributed by atoms with E-state index in [1.54, 1.807) is 6.07 Å². The minimum Gasteiger partial charge on any atom is -0.465 e. The van der Waals surface area contributed by atoms with Crippen LogP contribution in [0.3, 0.4) is 0 Å². The minimum absolute atomic E-state index is 0.00536. The highest BCUT2D eigenvalue weighted by Gasteiger charge is 2.39. The van der Waals surface area contributed by atoms with Crippen LogP contribution in [0.5, 0.6) is 0 Å². The summed E-state index contributed by atoms with van der Waals surface area (Å²) in [4.78, 5) is 23.7. The van der Waals surface area contributed by atoms with Gasteiger partial charge in [-0.2, -0.15) is 0 Å². The Hall–Kier alpha value is -1.56. The highest BCUT2D eigenvalue weighted by atomic mass is 32.1. The standard InChI is InChI=1S/C11H12N2O3S/c1-16-11(15)7-4-6-10(17-7)13-8(5-2-3-5)9(14)12-6/h4-5,8,13H,2-3H2,1H3,(H,12,14). The molecule has 0 aromatic carbocycles. The van der Waals surface area contributed by atoms with Gasteiger partial charge in [-0.1, -0.05) is 0 Å². The first kappa shape index (κ1) is 10.6. The summed E-state index contributed by atoms with van der Waals surface area (Å²) in [5.74, 6) is 0.0597. The third kappa shape index (κ3) is 1.78. The zero-order chi connectivity index (χ0) is 12.0. The number of nitrogens with one attached hydrogen (secondary N) is 2. The van der Waals surface area contributed by atoms with E-state index in [1.165, 1.54) is 18.4 Å². The third-order valence-electron chi connectivity index (χ3n) is 3.04. The molecule has 6 heteroatoms. The van der Waals surface area contributed by atoms with Crippen LogP contribution in [0, 0.1) is 5.92 Å². The Balaban J connectivity index is 1.88. The zero-order valence-corrected chi connectivity index (χ0v) is 10.1. The molecule has 1 aliphatic carbocycles. The third-order valence-corrected chi connectivity index (χ3v) is 4.09. The fraction of sp³-hybridized carbons (Fsp3) is 0.455. The van der Waals surface area contributed by atoms with Crippen molar-refractivity contribution in [3.05, 3.63) is 10.9 Å². The molecule has 1 saturated carbocycles. The topological polar surface area (TPSA) is 67.4 Å². The summed E-state index contributed by atoms with van der Waals surface area (Å²) in [7, 11) is 1.35. The van der Waals surface area contributed by atoms with Gasteiger partial charge in [0.1, 0.15) is 15.9 Å². The average Bonchev–Trinajstić information content (AvgIpc) is 3.08. The fourth-order valence-corrected chi connectivity index (χ4v) is 2.94. The van der Waals surface area contributed by atoms with Crippen molar-refractivity contribution in [1.82, 2.24) is 0 Å². The maximum Gasteiger partial charge on any atom is 0.348 e. The molecule has 1 aromatic rings. The van der Waals surface area contributed by atoms with Crippen molar-refractivity contribution in [1.29, 1.82) is 0 Å². The summed E-state index contributed by atoms with van der Waals surface area (Å²) in [6.45, 7) is 0. The summed E-state index contributed by atoms with van der Waals surface area (Å²) in [5.41, 5.74) is 0.678. The predicted octanol–water partition coefficient (Wildman–Crippen LogP) is 1.68. The Morgan fingerprint density at radius 1 is 1.53 bits per heavy atom. The maximum atomic E-state index is 11.8. The molecule has 3 rings (SSSR count). The molecular formula is C11H12N2O3S. The van der Waals surface area contributed by atoms with E-state index in [4.69, 9.17) is 0 Å². The predicted molar refractivity (Wildman–Crippen MR) is 64.4 cm³/mol. The van der Waals surface area contributed by atoms with Crippen molar-refractivity contribution < 1.29 is 14.3 Å². The quantitative estimate of drug-likeness (QED) is 0.786. The van der Waals surface area contributed by atoms with Gasteiger partial charge >= 0.3 is 5.97 Å². The molecule has 1 fully saturated rings. The summed E-state index contributed by atoms with van der Waals surface area (Å²) >= 11 is 1.32. The Bertz CT molecular complexity index is 493. The Kier molecular flexibility index (Phi) is 2.32. The number of hydrogen-bond acceptors (Lipinski definition) is 5. The first-order valence-electron chi connectivity index (χ1n) is 5.48. The number of thiophene rings is 1. The van der Waals surface area contributed by atoms with Crippen LogP contribution in [-0.4, -0.2) is 25.0 Å². The van der Waals surface area contributed by atoms with E-state index in [1.807, 2.05) is 0 Å². The molecule has 2 heterocycles. The van der Waals surface area contributed by atoms with Crippen LogP contribution in [0.2, 0.25) is 0 Å². The summed E-state index contributed by atoms with van der Waals surface area (Å²) in [6, 6.07) is 1.51. The van der Waals surface area contributed by atoms with Crippen molar-refractivity contribution in [3.8, 4) is 0 Å². The van der Waals surface area contributed by atoms with Crippen molar-refractivity contribution >= 4 is 33.9 Å². The van der Waals surface area contributed by atoms with Gasteiger partial charge in [0.25, 0.3) is 0 Å². The van der Waals surface area contributed by atoms with Gasteiger partial charge in [-0.25, -0.2) is 4.79 Å². The van der Waals surface area contributed by atoms with E-state index >= 15 is 0 Å². The van der Waals surface area contributed by atoms with Crippen LogP contribution in [0.15, 0.2) is 6.07 Å². The molecular weight excluding hydrogens is 240 g/mol. The second kappa shape index (κ2) is 3.73. The van der Waals surface area contributed by atoms with Crippen LogP contribution < -0.4 is 10.6 Å². The highest BCUT2D eigenvalue weighted by Crippen LogP contribution is 2.42. The van der Waals surface area contributed by atoms with Crippen LogP contribution in [-0.2, 0) is 9.53 Å². The number of rotatable bonds is 2. The summed E-state index contributed by atoms with van der Waals surface area (Å²) in [5, 5.41) is 6.89. The lowest BCUT2D eigenvalue weighted by molar-refractivity contribution is -0.117. The molecule has 1 unspecified atom stereocenters. The average molecular weight is 252 g/mol. The van der Waals surface area contributed by atoms with Gasteiger partial charge in [0.05, 0.1) is 12.8 Å². The van der Waals surface area contributed by atoms with E-state index in [0.29, 0.717) is 16.5 Å². The van der Waals surface area contributed by atoms with Gasteiger partial charge in [0, 0.05) is 0 Å². The van der Waals surface area contributed by atoms with E-state index in [9.17, 15) is 9.59 Å². The maximum absolute atomic E-state index is 11.8. The highest BCUT2D eigenvalue weighted by molar-refractivity contribution is 7.18. The lowest BCUT2D eigenvalue weighted by Crippen LogP contribution is -2.39. The molecule has 2 aliphatic rings. The van der Waals surface area contributed by atoms with Gasteiger partial charge in [-0.15, -0.1) is 11.3 Å². The molecule has 5 nitrogen and oxygen atoms in total. The van der Waals surface area contributed by atoms with E-state index < -0.39 is 0 Å². The number of carbonyl (C=O) groups excluding carboxylic acids is 2. The van der Waals surface area contributed by atoms with E-state index in [0.717, 1.165) is 17.8 Å². The number of fused-ring (bicyclic) bond motifs is 1. The Morgan fingerprint density at radius 2 is 2.29 bits per heavy atom. The molecule has 1 atom stereocenters. The molecule has 1 aromatic heterocycles. The number of anilines is 2. The fourth-order valence-electron chi connectivity index (χ4n) is 1.97. The number of hydrogen-bond donors (Lipinski definition) is 2. The summed E-state index contributed by atoms with van der Waals surface area (Å²) < 4.78 is 4.66. The lowest BCUT2D eigenvalue weighted by Gasteiger charge is -2.23. The molecule has 0 radical (unpaired) electrons. The lowest BCUT2D eigenvalue weighted by atomic mass is 10.1. The molecule has 0 bridgehead atoms. The molecule has 2 N–H and O–H groups in total. The smallest absolute Gasteiger partial charge is 0.348 e. The SMILES string of the molecule is COC(=O)c1cc2c(s1)NC(C1CC1)C(=O)N2. The molecule has 90 valence electrons. The van der Waals surface area contributed by atoms with Crippen molar-refractivity contribution in [3.63, 3.8) is 0 Å². The normalized spacial score (nSPS) is 22.4. The Labute approximate surface area is 102 Å². The first-order valence-corrected chi connectivity index (χ1v) is 6.30. The van der Waals surface area contributed by atoms with Crippen LogP contribution in [0.25, 0.3) is 0 Å². The van der Waals surface area contributed by atoms with Gasteiger partial charge in [0.15, 0.2) is 0 Å². The van der Waals surface area contributed by atoms with E-state index in [-0.39, 0.29) is 17.9 Å². The zero-order valence-electron chi connectivity index (χ0n) is 9.28. The van der Waals surface area contributed by atoms with Crippen molar-refractivity contribution in [2.75, 3.05) is 17.7 Å². The molecule has 1 amide bonds. The number of methoxy groups -OCH3 is 1. The van der Waals surface area contributed by atoms with Gasteiger partial charge in [-0.3, -0.25) is 4.79 Å². The van der Waals surface area contributed by atoms with Crippen LogP contribution >= 0.6 is 11.3 Å². The second-order valence-electron chi connectivity index (χ2n) is 4.29. The second-order valence-corrected chi connectivity index (χ2v) is 5.35. The number of esters is 1. The van der Waals surface area contributed by atoms with Gasteiger partial charge in [-0.05, 0) is 24.8 Å². The number of ether oxygens (including phenoxy) is 1. The number of carbonyl (C=O) groups is 2. The summed E-state index contributed by atoms with van der Waals surface area (Å²) in [6.07, 6.45) is 2.19. The monoisotopic (exact) mass is 252 g/mol.